The molecule has 0 aliphatic carbocycles. The van der Waals surface area contributed by atoms with E-state index < -0.39 is 11.5 Å². The van der Waals surface area contributed by atoms with Gasteiger partial charge in [0.25, 0.3) is 0 Å². The highest BCUT2D eigenvalue weighted by molar-refractivity contribution is 5.78. The maximum absolute atomic E-state index is 11.5. The van der Waals surface area contributed by atoms with Crippen molar-refractivity contribution >= 4 is 5.97 Å². The van der Waals surface area contributed by atoms with Crippen LogP contribution in [0.1, 0.15) is 53.4 Å². The highest BCUT2D eigenvalue weighted by Crippen LogP contribution is 2.43. The lowest BCUT2D eigenvalue weighted by molar-refractivity contribution is -0.165. The molecule has 1 fully saturated rings. The van der Waals surface area contributed by atoms with E-state index in [0.29, 0.717) is 18.3 Å². The molecular formula is C13H25NO2. The van der Waals surface area contributed by atoms with Crippen LogP contribution in [0.2, 0.25) is 0 Å². The second-order valence-corrected chi connectivity index (χ2v) is 5.11. The Labute approximate surface area is 98.8 Å². The summed E-state index contributed by atoms with van der Waals surface area (Å²) in [5.41, 5.74) is -0.237. The van der Waals surface area contributed by atoms with Crippen LogP contribution >= 0.6 is 0 Å². The number of hydrogen-bond donors (Lipinski definition) is 1. The molecular weight excluding hydrogens is 202 g/mol. The number of carbonyl (C=O) groups is 1. The third-order valence-corrected chi connectivity index (χ3v) is 4.73. The highest BCUT2D eigenvalue weighted by Gasteiger charge is 2.51. The van der Waals surface area contributed by atoms with Gasteiger partial charge in [-0.05, 0) is 31.1 Å². The Morgan fingerprint density at radius 2 is 1.62 bits per heavy atom. The molecule has 1 saturated heterocycles. The molecule has 0 aromatic rings. The molecule has 0 aromatic heterocycles. The van der Waals surface area contributed by atoms with Crippen LogP contribution in [0, 0.1) is 5.41 Å². The van der Waals surface area contributed by atoms with Crippen LogP contribution in [-0.2, 0) is 4.79 Å². The van der Waals surface area contributed by atoms with Crippen LogP contribution in [0.25, 0.3) is 0 Å². The summed E-state index contributed by atoms with van der Waals surface area (Å²) in [4.78, 5) is 13.6. The molecule has 0 amide bonds. The van der Waals surface area contributed by atoms with Crippen molar-refractivity contribution < 1.29 is 9.90 Å². The number of nitrogens with zero attached hydrogens (tertiary/aromatic N) is 1. The average molecular weight is 227 g/mol. The monoisotopic (exact) mass is 227 g/mol. The van der Waals surface area contributed by atoms with Crippen molar-refractivity contribution in [3.8, 4) is 0 Å². The number of rotatable bonds is 6. The third kappa shape index (κ3) is 1.86. The van der Waals surface area contributed by atoms with Gasteiger partial charge in [-0.2, -0.15) is 0 Å². The molecule has 0 unspecified atom stereocenters. The highest BCUT2D eigenvalue weighted by atomic mass is 16.4. The maximum Gasteiger partial charge on any atom is 0.324 e. The molecule has 16 heavy (non-hydrogen) atoms. The summed E-state index contributed by atoms with van der Waals surface area (Å²) >= 11 is 0. The van der Waals surface area contributed by atoms with Crippen molar-refractivity contribution in [2.24, 2.45) is 5.41 Å². The van der Waals surface area contributed by atoms with E-state index in [1.54, 1.807) is 0 Å². The first kappa shape index (κ1) is 13.5. The standard InChI is InChI=1S/C13H25NO2/c1-5-12(6-2)9-14(10-12)13(7-3,8-4)11(15)16/h5-10H2,1-4H3,(H,15,16). The maximum atomic E-state index is 11.5. The van der Waals surface area contributed by atoms with Crippen molar-refractivity contribution in [3.05, 3.63) is 0 Å². The number of hydrogen-bond acceptors (Lipinski definition) is 2. The van der Waals surface area contributed by atoms with Gasteiger partial charge < -0.3 is 5.11 Å². The lowest BCUT2D eigenvalue weighted by atomic mass is 9.71. The molecule has 1 aliphatic rings. The smallest absolute Gasteiger partial charge is 0.324 e. The van der Waals surface area contributed by atoms with E-state index >= 15 is 0 Å². The van der Waals surface area contributed by atoms with Crippen LogP contribution in [0.5, 0.6) is 0 Å². The summed E-state index contributed by atoms with van der Waals surface area (Å²) in [6, 6.07) is 0. The van der Waals surface area contributed by atoms with E-state index in [-0.39, 0.29) is 0 Å². The molecule has 3 heteroatoms. The van der Waals surface area contributed by atoms with Gasteiger partial charge in [0.15, 0.2) is 0 Å². The third-order valence-electron chi connectivity index (χ3n) is 4.73. The summed E-state index contributed by atoms with van der Waals surface area (Å²) < 4.78 is 0. The normalized spacial score (nSPS) is 20.5. The Morgan fingerprint density at radius 3 is 1.88 bits per heavy atom. The van der Waals surface area contributed by atoms with Gasteiger partial charge >= 0.3 is 5.97 Å². The van der Waals surface area contributed by atoms with Gasteiger partial charge in [0.05, 0.1) is 0 Å². The van der Waals surface area contributed by atoms with Gasteiger partial charge in [-0.15, -0.1) is 0 Å². The largest absolute Gasteiger partial charge is 0.480 e. The number of carboxylic acids is 1. The fourth-order valence-electron chi connectivity index (χ4n) is 2.90. The molecule has 0 bridgehead atoms. The second-order valence-electron chi connectivity index (χ2n) is 5.11. The van der Waals surface area contributed by atoms with Crippen molar-refractivity contribution in [1.82, 2.24) is 4.90 Å². The van der Waals surface area contributed by atoms with E-state index in [1.807, 2.05) is 13.8 Å². The van der Waals surface area contributed by atoms with Crippen LogP contribution in [0.4, 0.5) is 0 Å². The molecule has 0 aromatic carbocycles. The van der Waals surface area contributed by atoms with Crippen LogP contribution in [0.3, 0.4) is 0 Å². The predicted molar refractivity (Wildman–Crippen MR) is 65.5 cm³/mol. The zero-order valence-corrected chi connectivity index (χ0v) is 11.0. The predicted octanol–water partition coefficient (Wildman–Crippen LogP) is 2.75. The van der Waals surface area contributed by atoms with E-state index in [4.69, 9.17) is 0 Å². The summed E-state index contributed by atoms with van der Waals surface area (Å²) in [5.74, 6) is -0.654. The summed E-state index contributed by atoms with van der Waals surface area (Å²) in [7, 11) is 0. The van der Waals surface area contributed by atoms with E-state index in [1.165, 1.54) is 0 Å². The van der Waals surface area contributed by atoms with Crippen molar-refractivity contribution in [2.45, 2.75) is 58.9 Å². The van der Waals surface area contributed by atoms with Gasteiger partial charge in [-0.25, -0.2) is 0 Å². The minimum atomic E-state index is -0.654. The van der Waals surface area contributed by atoms with Crippen LogP contribution in [0.15, 0.2) is 0 Å². The lowest BCUT2D eigenvalue weighted by Crippen LogP contribution is -2.67. The van der Waals surface area contributed by atoms with Gasteiger partial charge in [-0.1, -0.05) is 27.7 Å². The number of likely N-dealkylation sites (tertiary alicyclic amines) is 1. The Bertz CT molecular complexity index is 247. The van der Waals surface area contributed by atoms with Gasteiger partial charge in [-0.3, -0.25) is 9.69 Å². The Morgan fingerprint density at radius 1 is 1.19 bits per heavy atom. The first-order valence-corrected chi connectivity index (χ1v) is 6.48. The molecule has 0 saturated carbocycles. The van der Waals surface area contributed by atoms with Gasteiger partial charge in [0.1, 0.15) is 5.54 Å². The first-order valence-electron chi connectivity index (χ1n) is 6.48. The molecule has 0 radical (unpaired) electrons. The van der Waals surface area contributed by atoms with Crippen LogP contribution in [-0.4, -0.2) is 34.6 Å². The van der Waals surface area contributed by atoms with E-state index in [2.05, 4.69) is 18.7 Å². The van der Waals surface area contributed by atoms with Crippen molar-refractivity contribution in [3.63, 3.8) is 0 Å². The number of carboxylic acid groups (broad SMARTS) is 1. The van der Waals surface area contributed by atoms with Crippen LogP contribution < -0.4 is 0 Å². The Balaban J connectivity index is 2.76. The quantitative estimate of drug-likeness (QED) is 0.758. The lowest BCUT2D eigenvalue weighted by Gasteiger charge is -2.56. The molecule has 0 spiro atoms. The fourth-order valence-corrected chi connectivity index (χ4v) is 2.90. The SMILES string of the molecule is CCC1(CC)CN(C(CC)(CC)C(=O)O)C1. The topological polar surface area (TPSA) is 40.5 Å². The molecule has 1 N–H and O–H groups in total. The fraction of sp³-hybridized carbons (Fsp3) is 0.923. The molecule has 1 heterocycles. The van der Waals surface area contributed by atoms with Crippen molar-refractivity contribution in [2.75, 3.05) is 13.1 Å². The average Bonchev–Trinajstić information content (AvgIpc) is 2.23. The molecule has 1 aliphatic heterocycles. The zero-order chi connectivity index (χ0) is 12.4. The Hall–Kier alpha value is -0.570. The zero-order valence-electron chi connectivity index (χ0n) is 11.0. The van der Waals surface area contributed by atoms with Crippen molar-refractivity contribution in [1.29, 1.82) is 0 Å². The molecule has 3 nitrogen and oxygen atoms in total. The van der Waals surface area contributed by atoms with E-state index in [9.17, 15) is 9.90 Å². The van der Waals surface area contributed by atoms with Gasteiger partial charge in [0, 0.05) is 13.1 Å². The molecule has 0 atom stereocenters. The summed E-state index contributed by atoms with van der Waals surface area (Å²) in [6.45, 7) is 10.3. The Kier molecular flexibility index (Phi) is 4.00. The van der Waals surface area contributed by atoms with E-state index in [0.717, 1.165) is 25.9 Å². The minimum Gasteiger partial charge on any atom is -0.480 e. The van der Waals surface area contributed by atoms with Gasteiger partial charge in [0.2, 0.25) is 0 Å². The number of aliphatic carboxylic acids is 1. The first-order chi connectivity index (χ1) is 7.50. The minimum absolute atomic E-state index is 0.380. The molecule has 94 valence electrons. The summed E-state index contributed by atoms with van der Waals surface area (Å²) in [6.07, 6.45) is 3.71. The summed E-state index contributed by atoms with van der Waals surface area (Å²) in [5, 5.41) is 9.43. The molecule has 1 rings (SSSR count). The second kappa shape index (κ2) is 4.74.